The van der Waals surface area contributed by atoms with Crippen molar-refractivity contribution in [3.63, 3.8) is 0 Å². The molecule has 2 aromatic heterocycles. The molecule has 0 unspecified atom stereocenters. The van der Waals surface area contributed by atoms with Crippen LogP contribution in [0, 0.1) is 6.92 Å². The first-order valence-electron chi connectivity index (χ1n) is 6.85. The molecule has 2 nitrogen and oxygen atoms in total. The third kappa shape index (κ3) is 1.70. The third-order valence-corrected chi connectivity index (χ3v) is 4.67. The first-order chi connectivity index (χ1) is 9.74. The summed E-state index contributed by atoms with van der Waals surface area (Å²) in [5.74, 6) is 0. The van der Waals surface area contributed by atoms with Gasteiger partial charge in [-0.25, -0.2) is 0 Å². The van der Waals surface area contributed by atoms with Gasteiger partial charge in [-0.05, 0) is 42.3 Å². The maximum absolute atomic E-state index is 3.50. The van der Waals surface area contributed by atoms with Crippen LogP contribution < -0.4 is 0 Å². The van der Waals surface area contributed by atoms with Crippen LogP contribution in [0.4, 0.5) is 0 Å². The molecule has 0 spiro atoms. The lowest BCUT2D eigenvalue weighted by Gasteiger charge is -2.19. The average molecular weight is 327 g/mol. The Labute approximate surface area is 126 Å². The Morgan fingerprint density at radius 2 is 1.75 bits per heavy atom. The van der Waals surface area contributed by atoms with Crippen LogP contribution in [-0.4, -0.2) is 9.13 Å². The Morgan fingerprint density at radius 1 is 1.00 bits per heavy atom. The molecule has 0 amide bonds. The largest absolute Gasteiger partial charge is 0.344 e. The van der Waals surface area contributed by atoms with Crippen molar-refractivity contribution in [2.45, 2.75) is 20.0 Å². The number of rotatable bonds is 1. The molecule has 0 fully saturated rings. The van der Waals surface area contributed by atoms with Crippen molar-refractivity contribution in [3.8, 4) is 22.5 Å². The maximum atomic E-state index is 3.50. The highest BCUT2D eigenvalue weighted by Gasteiger charge is 2.20. The van der Waals surface area contributed by atoms with Gasteiger partial charge in [-0.2, -0.15) is 0 Å². The molecule has 1 aliphatic heterocycles. The summed E-state index contributed by atoms with van der Waals surface area (Å²) >= 11 is 3.50. The predicted molar refractivity (Wildman–Crippen MR) is 85.7 cm³/mol. The first-order valence-corrected chi connectivity index (χ1v) is 7.64. The molecule has 1 aliphatic rings. The summed E-state index contributed by atoms with van der Waals surface area (Å²) in [6.07, 6.45) is 4.47. The number of fused-ring (bicyclic) bond motifs is 3. The lowest BCUT2D eigenvalue weighted by Crippen LogP contribution is -2.14. The number of halogens is 1. The predicted octanol–water partition coefficient (Wildman–Crippen LogP) is 4.71. The van der Waals surface area contributed by atoms with Gasteiger partial charge in [0, 0.05) is 35.5 Å². The number of nitrogens with zero attached hydrogens (tertiary/aromatic N) is 2. The molecular formula is C17H15BrN2. The van der Waals surface area contributed by atoms with Crippen molar-refractivity contribution >= 4 is 15.9 Å². The molecule has 0 bridgehead atoms. The fourth-order valence-corrected chi connectivity index (χ4v) is 3.40. The van der Waals surface area contributed by atoms with Gasteiger partial charge in [-0.3, -0.25) is 0 Å². The van der Waals surface area contributed by atoms with Crippen LogP contribution in [0.25, 0.3) is 22.5 Å². The van der Waals surface area contributed by atoms with E-state index in [-0.39, 0.29) is 0 Å². The smallest absolute Gasteiger partial charge is 0.0684 e. The van der Waals surface area contributed by atoms with Crippen LogP contribution in [0.2, 0.25) is 0 Å². The highest BCUT2D eigenvalue weighted by Crippen LogP contribution is 2.36. The lowest BCUT2D eigenvalue weighted by molar-refractivity contribution is 0.560. The molecule has 0 saturated carbocycles. The normalized spacial score (nSPS) is 13.1. The summed E-state index contributed by atoms with van der Waals surface area (Å²) in [4.78, 5) is 0. The van der Waals surface area contributed by atoms with Crippen molar-refractivity contribution in [1.82, 2.24) is 9.13 Å². The zero-order valence-electron chi connectivity index (χ0n) is 11.3. The molecule has 100 valence electrons. The van der Waals surface area contributed by atoms with Gasteiger partial charge in [0.1, 0.15) is 0 Å². The Balaban J connectivity index is 1.91. The highest BCUT2D eigenvalue weighted by atomic mass is 79.9. The molecule has 0 aliphatic carbocycles. The van der Waals surface area contributed by atoms with Gasteiger partial charge < -0.3 is 9.13 Å². The molecule has 0 N–H and O–H groups in total. The Morgan fingerprint density at radius 3 is 2.55 bits per heavy atom. The Hall–Kier alpha value is -1.74. The summed E-state index contributed by atoms with van der Waals surface area (Å²) in [7, 11) is 0. The van der Waals surface area contributed by atoms with Gasteiger partial charge in [0.25, 0.3) is 0 Å². The van der Waals surface area contributed by atoms with E-state index in [9.17, 15) is 0 Å². The second-order valence-electron chi connectivity index (χ2n) is 5.30. The van der Waals surface area contributed by atoms with E-state index in [1.165, 1.54) is 28.1 Å². The summed E-state index contributed by atoms with van der Waals surface area (Å²) in [5, 5.41) is 0. The van der Waals surface area contributed by atoms with Crippen molar-refractivity contribution in [1.29, 1.82) is 0 Å². The fraction of sp³-hybridized carbons (Fsp3) is 0.176. The Bertz CT molecular complexity index is 778. The second-order valence-corrected chi connectivity index (χ2v) is 6.22. The fourth-order valence-electron chi connectivity index (χ4n) is 3.14. The number of aromatic nitrogens is 2. The zero-order valence-corrected chi connectivity index (χ0v) is 12.9. The standard InChI is InChI=1S/C17H15BrN2/c1-12-15(13-4-6-14(18)7-5-13)11-20-10-9-19-8-2-3-16(19)17(12)20/h2-8,11H,9-10H2,1H3. The third-order valence-electron chi connectivity index (χ3n) is 4.14. The van der Waals surface area contributed by atoms with E-state index in [4.69, 9.17) is 0 Å². The molecule has 0 saturated heterocycles. The zero-order chi connectivity index (χ0) is 13.7. The van der Waals surface area contributed by atoms with Crippen LogP contribution in [0.5, 0.6) is 0 Å². The molecule has 3 heterocycles. The minimum atomic E-state index is 1.05. The van der Waals surface area contributed by atoms with Crippen molar-refractivity contribution in [3.05, 3.63) is 58.8 Å². The number of hydrogen-bond donors (Lipinski definition) is 0. The lowest BCUT2D eigenvalue weighted by atomic mass is 10.0. The topological polar surface area (TPSA) is 9.86 Å². The molecule has 4 rings (SSSR count). The van der Waals surface area contributed by atoms with E-state index in [1.54, 1.807) is 0 Å². The molecule has 1 aromatic carbocycles. The Kier molecular flexibility index (Phi) is 2.64. The minimum absolute atomic E-state index is 1.05. The van der Waals surface area contributed by atoms with Gasteiger partial charge in [0.05, 0.1) is 11.4 Å². The summed E-state index contributed by atoms with van der Waals surface area (Å²) in [5.41, 5.74) is 6.68. The molecule has 3 aromatic rings. The molecule has 3 heteroatoms. The number of aryl methyl sites for hydroxylation is 2. The van der Waals surface area contributed by atoms with Crippen molar-refractivity contribution < 1.29 is 0 Å². The maximum Gasteiger partial charge on any atom is 0.0684 e. The van der Waals surface area contributed by atoms with Crippen LogP contribution in [0.15, 0.2) is 53.3 Å². The van der Waals surface area contributed by atoms with Crippen molar-refractivity contribution in [2.75, 3.05) is 0 Å². The second kappa shape index (κ2) is 4.38. The number of hydrogen-bond acceptors (Lipinski definition) is 0. The summed E-state index contributed by atoms with van der Waals surface area (Å²) < 4.78 is 5.85. The van der Waals surface area contributed by atoms with E-state index < -0.39 is 0 Å². The van der Waals surface area contributed by atoms with Crippen LogP contribution in [-0.2, 0) is 13.1 Å². The first kappa shape index (κ1) is 12.0. The van der Waals surface area contributed by atoms with Gasteiger partial charge >= 0.3 is 0 Å². The van der Waals surface area contributed by atoms with Gasteiger partial charge in [0.2, 0.25) is 0 Å². The quantitative estimate of drug-likeness (QED) is 0.613. The van der Waals surface area contributed by atoms with E-state index in [0.717, 1.165) is 17.6 Å². The highest BCUT2D eigenvalue weighted by molar-refractivity contribution is 9.10. The van der Waals surface area contributed by atoms with Gasteiger partial charge in [-0.15, -0.1) is 0 Å². The van der Waals surface area contributed by atoms with Crippen LogP contribution in [0.3, 0.4) is 0 Å². The molecule has 20 heavy (non-hydrogen) atoms. The van der Waals surface area contributed by atoms with Crippen molar-refractivity contribution in [2.24, 2.45) is 0 Å². The van der Waals surface area contributed by atoms with E-state index in [0.29, 0.717) is 0 Å². The van der Waals surface area contributed by atoms with E-state index in [2.05, 4.69) is 80.8 Å². The molecule has 0 atom stereocenters. The number of benzene rings is 1. The summed E-state index contributed by atoms with van der Waals surface area (Å²) in [6.45, 7) is 4.34. The monoisotopic (exact) mass is 326 g/mol. The van der Waals surface area contributed by atoms with Gasteiger partial charge in [0.15, 0.2) is 0 Å². The van der Waals surface area contributed by atoms with Gasteiger partial charge in [-0.1, -0.05) is 28.1 Å². The van der Waals surface area contributed by atoms with E-state index >= 15 is 0 Å². The molecular weight excluding hydrogens is 312 g/mol. The SMILES string of the molecule is Cc1c(-c2ccc(Br)cc2)cn2c1-c1cccn1CC2. The van der Waals surface area contributed by atoms with E-state index in [1.807, 2.05) is 0 Å². The average Bonchev–Trinajstić information content (AvgIpc) is 3.04. The minimum Gasteiger partial charge on any atom is -0.344 e. The van der Waals surface area contributed by atoms with Crippen LogP contribution in [0.1, 0.15) is 5.56 Å². The molecule has 0 radical (unpaired) electrons. The summed E-state index contributed by atoms with van der Waals surface area (Å²) in [6, 6.07) is 12.9. The van der Waals surface area contributed by atoms with Crippen LogP contribution >= 0.6 is 15.9 Å².